The zero-order valence-corrected chi connectivity index (χ0v) is 6.70. The zero-order valence-electron chi connectivity index (χ0n) is 5.89. The van der Waals surface area contributed by atoms with Crippen LogP contribution < -0.4 is 0 Å². The first-order chi connectivity index (χ1) is 4.63. The Morgan fingerprint density at radius 1 is 1.50 bits per heavy atom. The fourth-order valence-corrected chi connectivity index (χ4v) is 3.40. The summed E-state index contributed by atoms with van der Waals surface area (Å²) in [6.45, 7) is 0. The predicted octanol–water partition coefficient (Wildman–Crippen LogP) is 1.36. The molecule has 0 aliphatic heterocycles. The van der Waals surface area contributed by atoms with E-state index in [1.54, 1.807) is 0 Å². The van der Waals surface area contributed by atoms with Gasteiger partial charge in [-0.1, -0.05) is 0 Å². The van der Waals surface area contributed by atoms with Crippen LogP contribution in [0.5, 0.6) is 0 Å². The Morgan fingerprint density at radius 3 is 2.30 bits per heavy atom. The molecule has 0 aromatic carbocycles. The van der Waals surface area contributed by atoms with Gasteiger partial charge in [0.25, 0.3) is 0 Å². The maximum atomic E-state index is 10.6. The van der Waals surface area contributed by atoms with Crippen LogP contribution in [0.15, 0.2) is 0 Å². The lowest BCUT2D eigenvalue weighted by atomic mass is 9.43. The fraction of sp³-hybridized carbons (Fsp3) is 0.857. The van der Waals surface area contributed by atoms with Gasteiger partial charge in [0.1, 0.15) is 0 Å². The third kappa shape index (κ3) is 0.506. The smallest absolute Gasteiger partial charge is 0.309 e. The number of rotatable bonds is 2. The molecule has 3 rings (SSSR count). The van der Waals surface area contributed by atoms with Crippen LogP contribution in [-0.2, 0) is 4.79 Å². The molecule has 10 heavy (non-hydrogen) atoms. The van der Waals surface area contributed by atoms with Crippen molar-refractivity contribution >= 4 is 17.7 Å². The van der Waals surface area contributed by atoms with Gasteiger partial charge in [-0.25, -0.2) is 0 Å². The lowest BCUT2D eigenvalue weighted by Gasteiger charge is -2.67. The highest BCUT2D eigenvalue weighted by molar-refractivity contribution is 8.00. The highest BCUT2D eigenvalue weighted by Gasteiger charge is 2.71. The Balaban J connectivity index is 2.04. The largest absolute Gasteiger partial charge is 0.481 e. The molecule has 0 radical (unpaired) electrons. The van der Waals surface area contributed by atoms with Crippen molar-refractivity contribution in [1.29, 1.82) is 0 Å². The van der Waals surface area contributed by atoms with E-state index >= 15 is 0 Å². The van der Waals surface area contributed by atoms with Crippen molar-refractivity contribution in [3.8, 4) is 0 Å². The van der Waals surface area contributed by atoms with Gasteiger partial charge in [0.05, 0.1) is 5.41 Å². The summed E-state index contributed by atoms with van der Waals surface area (Å²) in [5.41, 5.74) is -0.275. The summed E-state index contributed by atoms with van der Waals surface area (Å²) in [5, 5.41) is 8.73. The molecule has 0 atom stereocenters. The number of thioether (sulfide) groups is 1. The maximum absolute atomic E-state index is 10.6. The molecule has 1 N–H and O–H groups in total. The molecule has 0 spiro atoms. The van der Waals surface area contributed by atoms with Crippen molar-refractivity contribution < 1.29 is 9.90 Å². The third-order valence-corrected chi connectivity index (χ3v) is 4.17. The molecule has 0 aromatic rings. The molecule has 3 fully saturated rings. The van der Waals surface area contributed by atoms with E-state index in [1.807, 2.05) is 11.8 Å². The summed E-state index contributed by atoms with van der Waals surface area (Å²) in [5.74, 6) is -0.580. The molecule has 0 unspecified atom stereocenters. The monoisotopic (exact) mass is 158 g/mol. The van der Waals surface area contributed by atoms with Crippen molar-refractivity contribution in [3.63, 3.8) is 0 Å². The molecule has 3 saturated carbocycles. The van der Waals surface area contributed by atoms with E-state index < -0.39 is 5.97 Å². The second-order valence-electron chi connectivity index (χ2n) is 3.50. The summed E-state index contributed by atoms with van der Waals surface area (Å²) in [6.07, 6.45) is 4.81. The molecule has 0 saturated heterocycles. The van der Waals surface area contributed by atoms with Gasteiger partial charge in [-0.3, -0.25) is 4.79 Å². The maximum Gasteiger partial charge on any atom is 0.309 e. The van der Waals surface area contributed by atoms with Crippen LogP contribution in [0.3, 0.4) is 0 Å². The third-order valence-electron chi connectivity index (χ3n) is 2.87. The predicted molar refractivity (Wildman–Crippen MR) is 40.2 cm³/mol. The van der Waals surface area contributed by atoms with Gasteiger partial charge in [-0.05, 0) is 25.5 Å². The highest BCUT2D eigenvalue weighted by atomic mass is 32.2. The Kier molecular flexibility index (Phi) is 0.994. The summed E-state index contributed by atoms with van der Waals surface area (Å²) in [6, 6.07) is 0. The highest BCUT2D eigenvalue weighted by Crippen LogP contribution is 2.72. The minimum atomic E-state index is -0.580. The van der Waals surface area contributed by atoms with E-state index in [-0.39, 0.29) is 5.41 Å². The molecule has 3 heteroatoms. The number of carboxylic acid groups (broad SMARTS) is 1. The fourth-order valence-electron chi connectivity index (χ4n) is 2.14. The van der Waals surface area contributed by atoms with E-state index in [9.17, 15) is 4.79 Å². The molecule has 2 nitrogen and oxygen atoms in total. The molecule has 0 aromatic heterocycles. The van der Waals surface area contributed by atoms with Crippen molar-refractivity contribution in [2.75, 3.05) is 6.26 Å². The molecule has 56 valence electrons. The van der Waals surface area contributed by atoms with Gasteiger partial charge in [0.2, 0.25) is 0 Å². The van der Waals surface area contributed by atoms with E-state index in [0.29, 0.717) is 4.75 Å². The van der Waals surface area contributed by atoms with Gasteiger partial charge >= 0.3 is 5.97 Å². The number of hydrogen-bond acceptors (Lipinski definition) is 2. The van der Waals surface area contributed by atoms with Gasteiger partial charge in [0.15, 0.2) is 0 Å². The van der Waals surface area contributed by atoms with Gasteiger partial charge < -0.3 is 5.11 Å². The average Bonchev–Trinajstić information content (AvgIpc) is 1.57. The Hall–Kier alpha value is -0.180. The van der Waals surface area contributed by atoms with E-state index in [0.717, 1.165) is 19.3 Å². The number of aliphatic carboxylic acids is 1. The van der Waals surface area contributed by atoms with Crippen LogP contribution in [0.4, 0.5) is 0 Å². The molecule has 3 aliphatic carbocycles. The van der Waals surface area contributed by atoms with Crippen LogP contribution in [0.2, 0.25) is 0 Å². The topological polar surface area (TPSA) is 37.3 Å². The van der Waals surface area contributed by atoms with Crippen LogP contribution in [0, 0.1) is 5.41 Å². The Labute approximate surface area is 64.0 Å². The van der Waals surface area contributed by atoms with Crippen molar-refractivity contribution in [3.05, 3.63) is 0 Å². The summed E-state index contributed by atoms with van der Waals surface area (Å²) >= 11 is 1.83. The van der Waals surface area contributed by atoms with E-state index in [2.05, 4.69) is 6.26 Å². The second-order valence-corrected chi connectivity index (χ2v) is 4.78. The van der Waals surface area contributed by atoms with Gasteiger partial charge in [-0.2, -0.15) is 11.8 Å². The first kappa shape index (κ1) is 6.53. The quantitative estimate of drug-likeness (QED) is 0.659. The van der Waals surface area contributed by atoms with Crippen LogP contribution in [-0.4, -0.2) is 22.1 Å². The standard InChI is InChI=1S/C7H10O2S/c1-10-7-2-6(3-7,4-7)5(8)9/h2-4H2,1H3,(H,8,9). The van der Waals surface area contributed by atoms with Gasteiger partial charge in [0, 0.05) is 4.75 Å². The number of carbonyl (C=O) groups is 1. The molecular weight excluding hydrogens is 148 g/mol. The van der Waals surface area contributed by atoms with Gasteiger partial charge in [-0.15, -0.1) is 0 Å². The Morgan fingerprint density at radius 2 is 2.00 bits per heavy atom. The molecular formula is C7H10O2S. The summed E-state index contributed by atoms with van der Waals surface area (Å²) in [4.78, 5) is 10.6. The lowest BCUT2D eigenvalue weighted by molar-refractivity contribution is -0.177. The van der Waals surface area contributed by atoms with Crippen molar-refractivity contribution in [1.82, 2.24) is 0 Å². The van der Waals surface area contributed by atoms with Crippen LogP contribution in [0.25, 0.3) is 0 Å². The van der Waals surface area contributed by atoms with Crippen molar-refractivity contribution in [2.45, 2.75) is 24.0 Å². The Bertz CT molecular complexity index is 180. The molecule has 2 bridgehead atoms. The zero-order chi connectivity index (χ0) is 7.41. The van der Waals surface area contributed by atoms with Crippen molar-refractivity contribution in [2.24, 2.45) is 5.41 Å². The van der Waals surface area contributed by atoms with E-state index in [1.165, 1.54) is 0 Å². The van der Waals surface area contributed by atoms with E-state index in [4.69, 9.17) is 5.11 Å². The second kappa shape index (κ2) is 1.52. The molecule has 3 aliphatic rings. The summed E-state index contributed by atoms with van der Waals surface area (Å²) in [7, 11) is 0. The number of carboxylic acids is 1. The van der Waals surface area contributed by atoms with Crippen LogP contribution in [0.1, 0.15) is 19.3 Å². The average molecular weight is 158 g/mol. The van der Waals surface area contributed by atoms with Crippen LogP contribution >= 0.6 is 11.8 Å². The number of hydrogen-bond donors (Lipinski definition) is 1. The lowest BCUT2D eigenvalue weighted by Crippen LogP contribution is -2.68. The minimum absolute atomic E-state index is 0.275. The first-order valence-electron chi connectivity index (χ1n) is 3.41. The normalized spacial score (nSPS) is 49.3. The summed E-state index contributed by atoms with van der Waals surface area (Å²) < 4.78 is 0.387. The minimum Gasteiger partial charge on any atom is -0.481 e. The first-order valence-corrected chi connectivity index (χ1v) is 4.64. The molecule has 0 heterocycles. The SMILES string of the molecule is CSC12CC(C(=O)O)(C1)C2. The molecule has 0 amide bonds.